The molecule has 0 unspecified atom stereocenters. The number of anilines is 1. The Morgan fingerprint density at radius 3 is 2.57 bits per heavy atom. The van der Waals surface area contributed by atoms with Crippen LogP contribution in [-0.4, -0.2) is 57.5 Å². The van der Waals surface area contributed by atoms with Crippen LogP contribution in [0, 0.1) is 12.7 Å². The van der Waals surface area contributed by atoms with Crippen LogP contribution in [0.3, 0.4) is 0 Å². The van der Waals surface area contributed by atoms with Crippen LogP contribution < -0.4 is 9.64 Å². The van der Waals surface area contributed by atoms with Crippen molar-refractivity contribution < 1.29 is 28.5 Å². The van der Waals surface area contributed by atoms with Crippen LogP contribution in [0.1, 0.15) is 96.4 Å². The monoisotopic (exact) mass is 671 g/mol. The van der Waals surface area contributed by atoms with E-state index in [1.165, 1.54) is 12.1 Å². The minimum absolute atomic E-state index is 0.0459. The third kappa shape index (κ3) is 7.33. The van der Waals surface area contributed by atoms with Crippen LogP contribution >= 0.6 is 0 Å². The lowest BCUT2D eigenvalue weighted by Gasteiger charge is -2.42. The summed E-state index contributed by atoms with van der Waals surface area (Å²) >= 11 is 0. The summed E-state index contributed by atoms with van der Waals surface area (Å²) in [6, 6.07) is 12.6. The van der Waals surface area contributed by atoms with Crippen LogP contribution in [-0.2, 0) is 20.7 Å². The average Bonchev–Trinajstić information content (AvgIpc) is 3.48. The number of nitrogens with zero attached hydrogens (tertiary/aromatic N) is 3. The van der Waals surface area contributed by atoms with Crippen molar-refractivity contribution in [3.05, 3.63) is 71.2 Å². The Kier molecular flexibility index (Phi) is 9.79. The molecule has 8 nitrogen and oxygen atoms in total. The topological polar surface area (TPSA) is 85.5 Å². The fourth-order valence-electron chi connectivity index (χ4n) is 7.31. The van der Waals surface area contributed by atoms with Gasteiger partial charge >= 0.3 is 5.97 Å². The molecule has 1 N–H and O–H groups in total. The molecule has 0 spiro atoms. The first-order chi connectivity index (χ1) is 23.3. The van der Waals surface area contributed by atoms with Gasteiger partial charge in [-0.05, 0) is 121 Å². The van der Waals surface area contributed by atoms with Gasteiger partial charge in [-0.1, -0.05) is 25.1 Å². The molecule has 0 amide bonds. The van der Waals surface area contributed by atoms with Gasteiger partial charge in [-0.25, -0.2) is 14.2 Å². The number of piperidine rings is 1. The number of ether oxygens (including phenoxy) is 3. The predicted molar refractivity (Wildman–Crippen MR) is 191 cm³/mol. The molecule has 6 bridgehead atoms. The number of aliphatic carboxylic acids is 1. The van der Waals surface area contributed by atoms with Gasteiger partial charge in [0.15, 0.2) is 6.10 Å². The minimum Gasteiger partial charge on any atom is -0.490 e. The molecule has 4 aromatic rings. The smallest absolute Gasteiger partial charge is 0.337 e. The summed E-state index contributed by atoms with van der Waals surface area (Å²) < 4.78 is 36.0. The van der Waals surface area contributed by atoms with Gasteiger partial charge < -0.3 is 24.2 Å². The highest BCUT2D eigenvalue weighted by molar-refractivity contribution is 5.82. The van der Waals surface area contributed by atoms with Gasteiger partial charge in [0, 0.05) is 42.6 Å². The molecule has 5 heterocycles. The van der Waals surface area contributed by atoms with Gasteiger partial charge in [0.2, 0.25) is 0 Å². The molecule has 0 saturated carbocycles. The second-order valence-electron chi connectivity index (χ2n) is 14.9. The number of hydrogen-bond acceptors (Lipinski definition) is 6. The summed E-state index contributed by atoms with van der Waals surface area (Å²) in [5, 5.41) is 10.7. The zero-order chi connectivity index (χ0) is 35.1. The number of carboxylic acids is 1. The zero-order valence-corrected chi connectivity index (χ0v) is 29.9. The van der Waals surface area contributed by atoms with Crippen molar-refractivity contribution in [1.82, 2.24) is 9.38 Å². The van der Waals surface area contributed by atoms with Gasteiger partial charge in [0.1, 0.15) is 23.0 Å². The van der Waals surface area contributed by atoms with Crippen LogP contribution in [0.15, 0.2) is 48.7 Å². The number of aromatic nitrogens is 2. The highest BCUT2D eigenvalue weighted by Crippen LogP contribution is 2.42. The molecule has 7 rings (SSSR count). The molecule has 49 heavy (non-hydrogen) atoms. The van der Waals surface area contributed by atoms with Gasteiger partial charge in [-0.15, -0.1) is 0 Å². The average molecular weight is 672 g/mol. The quantitative estimate of drug-likeness (QED) is 0.232. The van der Waals surface area contributed by atoms with E-state index < -0.39 is 17.7 Å². The molecule has 9 heteroatoms. The van der Waals surface area contributed by atoms with Crippen LogP contribution in [0.25, 0.3) is 28.0 Å². The number of aryl methyl sites for hydroxylation is 1. The molecular formula is C40H50FN3O5. The molecular weight excluding hydrogens is 621 g/mol. The maximum Gasteiger partial charge on any atom is 0.337 e. The molecule has 3 aliphatic heterocycles. The number of fused-ring (bicyclic) bond motifs is 8. The fourth-order valence-corrected chi connectivity index (χ4v) is 7.31. The maximum atomic E-state index is 14.7. The largest absolute Gasteiger partial charge is 0.490 e. The summed E-state index contributed by atoms with van der Waals surface area (Å²) in [5.74, 6) is 0.0760. The number of imidazole rings is 1. The third-order valence-corrected chi connectivity index (χ3v) is 9.93. The fraction of sp³-hybridized carbons (Fsp3) is 0.500. The van der Waals surface area contributed by atoms with E-state index in [4.69, 9.17) is 19.2 Å². The van der Waals surface area contributed by atoms with Crippen molar-refractivity contribution in [2.24, 2.45) is 0 Å². The normalized spacial score (nSPS) is 21.0. The standard InChI is InChI=1S/C40H50FN3O5/c1-8-30-26(3)34(35(38(45)46)49-39(4,5)6)37-43-19-17-40(7,18-20-43)47-21-10-9-12-25(2)48-33-16-15-29(41)23-31(33)27-13-11-14-28(22-27)32-24-44(37)36(30)42-32/h11,13-16,22-25,35H,8-10,12,17-21H2,1-7H3,(H,45,46)/t25-,35-/m0/s1. The van der Waals surface area contributed by atoms with Gasteiger partial charge in [-0.3, -0.25) is 4.40 Å². The minimum atomic E-state index is -1.18. The Hall–Kier alpha value is -3.95. The predicted octanol–water partition coefficient (Wildman–Crippen LogP) is 8.95. The van der Waals surface area contributed by atoms with E-state index >= 15 is 0 Å². The number of halogens is 1. The summed E-state index contributed by atoms with van der Waals surface area (Å²) in [6.45, 7) is 16.0. The van der Waals surface area contributed by atoms with E-state index in [1.54, 1.807) is 6.07 Å². The first-order valence-corrected chi connectivity index (χ1v) is 17.7. The highest BCUT2D eigenvalue weighted by atomic mass is 19.1. The van der Waals surface area contributed by atoms with E-state index in [-0.39, 0.29) is 17.5 Å². The summed E-state index contributed by atoms with van der Waals surface area (Å²) in [5.41, 5.74) is 5.45. The number of carboxylic acid groups (broad SMARTS) is 1. The van der Waals surface area contributed by atoms with Gasteiger partial charge in [0.05, 0.1) is 23.0 Å². The number of hydrogen-bond donors (Lipinski definition) is 1. The van der Waals surface area contributed by atoms with Crippen molar-refractivity contribution in [2.75, 3.05) is 24.6 Å². The summed E-state index contributed by atoms with van der Waals surface area (Å²) in [7, 11) is 0. The molecule has 2 aromatic carbocycles. The molecule has 2 atom stereocenters. The molecule has 1 saturated heterocycles. The molecule has 3 aliphatic rings. The second-order valence-corrected chi connectivity index (χ2v) is 14.9. The lowest BCUT2D eigenvalue weighted by atomic mass is 9.91. The molecule has 2 aromatic heterocycles. The second kappa shape index (κ2) is 13.8. The van der Waals surface area contributed by atoms with Crippen LogP contribution in [0.2, 0.25) is 0 Å². The Bertz CT molecular complexity index is 1840. The number of rotatable bonds is 4. The third-order valence-electron chi connectivity index (χ3n) is 9.93. The highest BCUT2D eigenvalue weighted by Gasteiger charge is 2.38. The number of pyridine rings is 1. The summed E-state index contributed by atoms with van der Waals surface area (Å²) in [4.78, 5) is 20.5. The lowest BCUT2D eigenvalue weighted by molar-refractivity contribution is -0.160. The van der Waals surface area contributed by atoms with Crippen LogP contribution in [0.5, 0.6) is 5.75 Å². The van der Waals surface area contributed by atoms with E-state index in [2.05, 4.69) is 30.1 Å². The SMILES string of the molecule is CCc1c(C)c([C@H](OC(C)(C)C)C(=O)O)c2n3cc(nc13)-c1cccc(c1)-c1cc(F)ccc1O[C@@H](C)CCCCOC1(C)CCN2CC1. The Labute approximate surface area is 289 Å². The zero-order valence-electron chi connectivity index (χ0n) is 29.9. The van der Waals surface area contributed by atoms with Crippen molar-refractivity contribution >= 4 is 17.4 Å². The number of benzene rings is 2. The lowest BCUT2D eigenvalue weighted by Crippen LogP contribution is -2.45. The molecule has 262 valence electrons. The molecule has 0 aliphatic carbocycles. The summed E-state index contributed by atoms with van der Waals surface area (Å²) in [6.07, 6.45) is 5.77. The Morgan fingerprint density at radius 2 is 1.88 bits per heavy atom. The van der Waals surface area contributed by atoms with Crippen molar-refractivity contribution in [3.63, 3.8) is 0 Å². The van der Waals surface area contributed by atoms with Gasteiger partial charge in [-0.2, -0.15) is 0 Å². The molecule has 1 fully saturated rings. The van der Waals surface area contributed by atoms with E-state index in [9.17, 15) is 14.3 Å². The molecule has 0 radical (unpaired) electrons. The van der Waals surface area contributed by atoms with Crippen LogP contribution in [0.4, 0.5) is 10.2 Å². The van der Waals surface area contributed by atoms with Crippen molar-refractivity contribution in [1.29, 1.82) is 0 Å². The van der Waals surface area contributed by atoms with Crippen molar-refractivity contribution in [2.45, 2.75) is 110 Å². The van der Waals surface area contributed by atoms with Crippen molar-refractivity contribution in [3.8, 4) is 28.1 Å². The Morgan fingerprint density at radius 1 is 1.14 bits per heavy atom. The van der Waals surface area contributed by atoms with Gasteiger partial charge in [0.25, 0.3) is 0 Å². The Balaban J connectivity index is 1.58. The maximum absolute atomic E-state index is 14.7. The van der Waals surface area contributed by atoms with E-state index in [1.807, 2.05) is 58.2 Å². The van der Waals surface area contributed by atoms with E-state index in [0.29, 0.717) is 43.0 Å². The first kappa shape index (κ1) is 34.9. The first-order valence-electron chi connectivity index (χ1n) is 17.7. The number of carbonyl (C=O) groups is 1. The van der Waals surface area contributed by atoms with E-state index in [0.717, 1.165) is 71.5 Å².